The van der Waals surface area contributed by atoms with E-state index in [4.69, 9.17) is 28.2 Å². The van der Waals surface area contributed by atoms with E-state index in [2.05, 4.69) is 5.32 Å². The number of carbonyl (C=O) groups excluding carboxylic acids is 1. The highest BCUT2D eigenvalue weighted by molar-refractivity contribution is 7.80. The van der Waals surface area contributed by atoms with E-state index in [-0.39, 0.29) is 5.91 Å². The summed E-state index contributed by atoms with van der Waals surface area (Å²) in [7, 11) is 0. The molecule has 22 heavy (non-hydrogen) atoms. The number of furan rings is 1. The second kappa shape index (κ2) is 5.94. The molecule has 2 aromatic rings. The van der Waals surface area contributed by atoms with Crippen molar-refractivity contribution < 1.29 is 9.21 Å². The van der Waals surface area contributed by atoms with Crippen LogP contribution in [0, 0.1) is 0 Å². The number of hydrogen-bond donors (Lipinski definition) is 1. The van der Waals surface area contributed by atoms with E-state index in [1.807, 2.05) is 31.2 Å². The van der Waals surface area contributed by atoms with E-state index in [0.717, 1.165) is 5.56 Å². The van der Waals surface area contributed by atoms with Gasteiger partial charge in [-0.25, -0.2) is 0 Å². The van der Waals surface area contributed by atoms with Crippen molar-refractivity contribution in [3.05, 3.63) is 52.9 Å². The van der Waals surface area contributed by atoms with Crippen molar-refractivity contribution >= 4 is 40.9 Å². The Balaban J connectivity index is 1.90. The van der Waals surface area contributed by atoms with Gasteiger partial charge in [-0.2, -0.15) is 0 Å². The van der Waals surface area contributed by atoms with Crippen LogP contribution >= 0.6 is 23.8 Å². The number of likely N-dealkylation sites (N-methyl/N-ethyl adjacent to an activating group) is 1. The number of halogens is 1. The second-order valence-corrected chi connectivity index (χ2v) is 5.51. The van der Waals surface area contributed by atoms with Crippen LogP contribution in [0.4, 0.5) is 0 Å². The SMILES string of the molecule is CCN1C(=O)/C(=C\c2ccc(-c3ccccc3Cl)o2)NC1=S. The molecule has 1 saturated heterocycles. The van der Waals surface area contributed by atoms with Crippen molar-refractivity contribution in [1.82, 2.24) is 10.2 Å². The van der Waals surface area contributed by atoms with Crippen molar-refractivity contribution in [1.29, 1.82) is 0 Å². The standard InChI is InChI=1S/C16H13ClN2O2S/c1-2-19-15(20)13(18-16(19)22)9-10-7-8-14(21-10)11-5-3-4-6-12(11)17/h3-9H,2H2,1H3,(H,18,22)/b13-9+. The quantitative estimate of drug-likeness (QED) is 0.688. The van der Waals surface area contributed by atoms with Crippen LogP contribution in [-0.2, 0) is 4.79 Å². The summed E-state index contributed by atoms with van der Waals surface area (Å²) in [5.41, 5.74) is 1.22. The highest BCUT2D eigenvalue weighted by atomic mass is 35.5. The molecule has 0 bridgehead atoms. The molecule has 1 aromatic carbocycles. The van der Waals surface area contributed by atoms with Gasteiger partial charge < -0.3 is 9.73 Å². The highest BCUT2D eigenvalue weighted by Gasteiger charge is 2.29. The van der Waals surface area contributed by atoms with Crippen LogP contribution in [0.5, 0.6) is 0 Å². The molecule has 112 valence electrons. The van der Waals surface area contributed by atoms with Crippen LogP contribution in [-0.4, -0.2) is 22.5 Å². The predicted octanol–water partition coefficient (Wildman–Crippen LogP) is 3.68. The van der Waals surface area contributed by atoms with Crippen molar-refractivity contribution in [3.8, 4) is 11.3 Å². The molecular formula is C16H13ClN2O2S. The molecule has 0 unspecified atom stereocenters. The molecule has 3 rings (SSSR count). The summed E-state index contributed by atoms with van der Waals surface area (Å²) < 4.78 is 5.75. The maximum Gasteiger partial charge on any atom is 0.276 e. The molecule has 0 saturated carbocycles. The molecule has 6 heteroatoms. The van der Waals surface area contributed by atoms with E-state index in [0.29, 0.717) is 33.9 Å². The molecule has 1 amide bonds. The minimum absolute atomic E-state index is 0.150. The second-order valence-electron chi connectivity index (χ2n) is 4.72. The van der Waals surface area contributed by atoms with E-state index >= 15 is 0 Å². The van der Waals surface area contributed by atoms with Crippen molar-refractivity contribution in [2.45, 2.75) is 6.92 Å². The maximum atomic E-state index is 12.1. The zero-order chi connectivity index (χ0) is 15.7. The molecule has 1 fully saturated rings. The summed E-state index contributed by atoms with van der Waals surface area (Å²) in [4.78, 5) is 13.6. The number of thiocarbonyl (C=S) groups is 1. The lowest BCUT2D eigenvalue weighted by atomic mass is 10.2. The van der Waals surface area contributed by atoms with Gasteiger partial charge in [-0.1, -0.05) is 23.7 Å². The van der Waals surface area contributed by atoms with Crippen LogP contribution < -0.4 is 5.32 Å². The Morgan fingerprint density at radius 2 is 2.09 bits per heavy atom. The first-order chi connectivity index (χ1) is 10.6. The molecule has 4 nitrogen and oxygen atoms in total. The number of rotatable bonds is 3. The zero-order valence-corrected chi connectivity index (χ0v) is 13.4. The molecule has 0 aliphatic carbocycles. The largest absolute Gasteiger partial charge is 0.457 e. The third-order valence-corrected chi connectivity index (χ3v) is 3.98. The summed E-state index contributed by atoms with van der Waals surface area (Å²) in [5, 5.41) is 3.93. The topological polar surface area (TPSA) is 45.5 Å². The molecule has 0 spiro atoms. The molecule has 1 N–H and O–H groups in total. The first kappa shape index (κ1) is 14.8. The number of nitrogens with zero attached hydrogens (tertiary/aromatic N) is 1. The first-order valence-corrected chi connectivity index (χ1v) is 7.58. The predicted molar refractivity (Wildman–Crippen MR) is 90.3 cm³/mol. The molecule has 0 radical (unpaired) electrons. The van der Waals surface area contributed by atoms with Gasteiger partial charge in [-0.05, 0) is 43.4 Å². The summed E-state index contributed by atoms with van der Waals surface area (Å²) >= 11 is 11.3. The van der Waals surface area contributed by atoms with Gasteiger partial charge >= 0.3 is 0 Å². The Morgan fingerprint density at radius 3 is 2.77 bits per heavy atom. The first-order valence-electron chi connectivity index (χ1n) is 6.79. The molecule has 2 heterocycles. The smallest absolute Gasteiger partial charge is 0.276 e. The highest BCUT2D eigenvalue weighted by Crippen LogP contribution is 2.29. The van der Waals surface area contributed by atoms with E-state index in [1.165, 1.54) is 4.90 Å². The maximum absolute atomic E-state index is 12.1. The van der Waals surface area contributed by atoms with E-state index in [1.54, 1.807) is 18.2 Å². The number of carbonyl (C=O) groups is 1. The fourth-order valence-electron chi connectivity index (χ4n) is 2.24. The third kappa shape index (κ3) is 2.65. The fraction of sp³-hybridized carbons (Fsp3) is 0.125. The molecular weight excluding hydrogens is 320 g/mol. The number of nitrogens with one attached hydrogen (secondary N) is 1. The Kier molecular flexibility index (Phi) is 4.00. The fourth-order valence-corrected chi connectivity index (χ4v) is 2.79. The van der Waals surface area contributed by atoms with Crippen LogP contribution in [0.2, 0.25) is 5.02 Å². The molecule has 0 atom stereocenters. The van der Waals surface area contributed by atoms with Gasteiger partial charge in [-0.15, -0.1) is 0 Å². The van der Waals surface area contributed by atoms with Gasteiger partial charge in [-0.3, -0.25) is 9.69 Å². The van der Waals surface area contributed by atoms with Gasteiger partial charge in [0.25, 0.3) is 5.91 Å². The summed E-state index contributed by atoms with van der Waals surface area (Å²) in [6, 6.07) is 11.0. The normalized spacial score (nSPS) is 16.5. The van der Waals surface area contributed by atoms with Gasteiger partial charge in [0.05, 0.1) is 5.02 Å². The third-order valence-electron chi connectivity index (χ3n) is 3.33. The van der Waals surface area contributed by atoms with Gasteiger partial charge in [0.2, 0.25) is 0 Å². The van der Waals surface area contributed by atoms with E-state index in [9.17, 15) is 4.79 Å². The molecule has 1 aliphatic rings. The van der Waals surface area contributed by atoms with Crippen molar-refractivity contribution in [3.63, 3.8) is 0 Å². The molecule has 1 aromatic heterocycles. The monoisotopic (exact) mass is 332 g/mol. The Labute approximate surface area is 138 Å². The van der Waals surface area contributed by atoms with E-state index < -0.39 is 0 Å². The van der Waals surface area contributed by atoms with Gasteiger partial charge in [0.15, 0.2) is 5.11 Å². The van der Waals surface area contributed by atoms with Crippen LogP contribution in [0.3, 0.4) is 0 Å². The summed E-state index contributed by atoms with van der Waals surface area (Å²) in [6.45, 7) is 2.41. The molecule has 1 aliphatic heterocycles. The lowest BCUT2D eigenvalue weighted by Crippen LogP contribution is -2.30. The summed E-state index contributed by atoms with van der Waals surface area (Å²) in [5.74, 6) is 1.06. The average molecular weight is 333 g/mol. The number of amides is 1. The van der Waals surface area contributed by atoms with Gasteiger partial charge in [0, 0.05) is 18.2 Å². The summed E-state index contributed by atoms with van der Waals surface area (Å²) in [6.07, 6.45) is 1.64. The Bertz CT molecular complexity index is 782. The minimum atomic E-state index is -0.150. The lowest BCUT2D eigenvalue weighted by Gasteiger charge is -2.08. The number of benzene rings is 1. The van der Waals surface area contributed by atoms with Gasteiger partial charge in [0.1, 0.15) is 17.2 Å². The zero-order valence-electron chi connectivity index (χ0n) is 11.8. The minimum Gasteiger partial charge on any atom is -0.457 e. The van der Waals surface area contributed by atoms with Crippen LogP contribution in [0.15, 0.2) is 46.5 Å². The van der Waals surface area contributed by atoms with Crippen molar-refractivity contribution in [2.75, 3.05) is 6.54 Å². The van der Waals surface area contributed by atoms with Crippen molar-refractivity contribution in [2.24, 2.45) is 0 Å². The Morgan fingerprint density at radius 1 is 1.32 bits per heavy atom. The lowest BCUT2D eigenvalue weighted by molar-refractivity contribution is -0.122. The van der Waals surface area contributed by atoms with Crippen LogP contribution in [0.25, 0.3) is 17.4 Å². The Hall–Kier alpha value is -2.11. The average Bonchev–Trinajstić information content (AvgIpc) is 3.05. The number of hydrogen-bond acceptors (Lipinski definition) is 3. The van der Waals surface area contributed by atoms with Crippen LogP contribution in [0.1, 0.15) is 12.7 Å².